The monoisotopic (exact) mass is 418 g/mol. The van der Waals surface area contributed by atoms with Crippen molar-refractivity contribution in [3.8, 4) is 5.75 Å². The predicted molar refractivity (Wildman–Crippen MR) is 106 cm³/mol. The number of imide groups is 1. The van der Waals surface area contributed by atoms with Crippen molar-refractivity contribution in [2.75, 3.05) is 20.1 Å². The number of nitrogens with zero attached hydrogens (tertiary/aromatic N) is 2. The first-order valence-corrected chi connectivity index (χ1v) is 10.0. The minimum atomic E-state index is -2.90. The standard InChI is InChI=1S/C21H24F2N4O3/c1-24-21(26-11-14-4-2-3-5-15(14)30-20(22)23)25-8-9-27-18(28)16-12-6-7-13(10-12)17(16)19(27)29/h2-7,12-13,16-17,20H,8-11H2,1H3,(H2,24,25,26). The fourth-order valence-corrected chi connectivity index (χ4v) is 4.73. The second-order valence-electron chi connectivity index (χ2n) is 7.67. The van der Waals surface area contributed by atoms with Crippen LogP contribution < -0.4 is 15.4 Å². The van der Waals surface area contributed by atoms with Crippen molar-refractivity contribution in [3.05, 3.63) is 42.0 Å². The summed E-state index contributed by atoms with van der Waals surface area (Å²) in [4.78, 5) is 30.8. The van der Waals surface area contributed by atoms with Crippen molar-refractivity contribution in [1.29, 1.82) is 0 Å². The van der Waals surface area contributed by atoms with Crippen LogP contribution in [-0.4, -0.2) is 49.4 Å². The number of ether oxygens (including phenoxy) is 1. The molecule has 2 fully saturated rings. The summed E-state index contributed by atoms with van der Waals surface area (Å²) in [7, 11) is 1.58. The lowest BCUT2D eigenvalue weighted by molar-refractivity contribution is -0.140. The minimum Gasteiger partial charge on any atom is -0.434 e. The fraction of sp³-hybridized carbons (Fsp3) is 0.476. The molecule has 4 unspecified atom stereocenters. The van der Waals surface area contributed by atoms with Crippen molar-refractivity contribution in [1.82, 2.24) is 15.5 Å². The third-order valence-electron chi connectivity index (χ3n) is 6.05. The number of fused-ring (bicyclic) bond motifs is 5. The van der Waals surface area contributed by atoms with Gasteiger partial charge in [-0.15, -0.1) is 0 Å². The summed E-state index contributed by atoms with van der Waals surface area (Å²) in [5.41, 5.74) is 0.557. The van der Waals surface area contributed by atoms with Crippen LogP contribution in [0, 0.1) is 23.7 Å². The van der Waals surface area contributed by atoms with Crippen LogP contribution in [0.2, 0.25) is 0 Å². The van der Waals surface area contributed by atoms with E-state index in [9.17, 15) is 18.4 Å². The molecule has 1 saturated carbocycles. The van der Waals surface area contributed by atoms with Gasteiger partial charge in [0.15, 0.2) is 5.96 Å². The van der Waals surface area contributed by atoms with Gasteiger partial charge in [-0.25, -0.2) is 0 Å². The smallest absolute Gasteiger partial charge is 0.387 e. The van der Waals surface area contributed by atoms with Crippen LogP contribution in [0.4, 0.5) is 8.78 Å². The Hall–Kier alpha value is -2.97. The molecule has 2 amide bonds. The van der Waals surface area contributed by atoms with Crippen molar-refractivity contribution in [3.63, 3.8) is 0 Å². The molecule has 4 atom stereocenters. The molecule has 0 spiro atoms. The number of hydrogen-bond acceptors (Lipinski definition) is 4. The minimum absolute atomic E-state index is 0.0790. The maximum absolute atomic E-state index is 12.7. The number of carbonyl (C=O) groups excluding carboxylic acids is 2. The van der Waals surface area contributed by atoms with E-state index in [0.29, 0.717) is 18.1 Å². The summed E-state index contributed by atoms with van der Waals surface area (Å²) in [6, 6.07) is 6.51. The highest BCUT2D eigenvalue weighted by atomic mass is 19.3. The van der Waals surface area contributed by atoms with Crippen LogP contribution in [-0.2, 0) is 16.1 Å². The number of amides is 2. The molecule has 0 radical (unpaired) electrons. The largest absolute Gasteiger partial charge is 0.434 e. The lowest BCUT2D eigenvalue weighted by atomic mass is 9.85. The number of allylic oxidation sites excluding steroid dienone is 2. The number of likely N-dealkylation sites (tertiary alicyclic amines) is 1. The zero-order chi connectivity index (χ0) is 21.3. The first kappa shape index (κ1) is 20.3. The molecule has 4 rings (SSSR count). The fourth-order valence-electron chi connectivity index (χ4n) is 4.73. The van der Waals surface area contributed by atoms with Gasteiger partial charge in [0, 0.05) is 32.2 Å². The number of guanidine groups is 1. The molecule has 160 valence electrons. The molecule has 0 aromatic heterocycles. The van der Waals surface area contributed by atoms with Crippen LogP contribution in [0.15, 0.2) is 41.4 Å². The molecular weight excluding hydrogens is 394 g/mol. The Morgan fingerprint density at radius 2 is 1.83 bits per heavy atom. The highest BCUT2D eigenvalue weighted by molar-refractivity contribution is 6.06. The third-order valence-corrected chi connectivity index (χ3v) is 6.05. The van der Waals surface area contributed by atoms with Crippen molar-refractivity contribution >= 4 is 17.8 Å². The molecule has 1 heterocycles. The van der Waals surface area contributed by atoms with Crippen LogP contribution in [0.25, 0.3) is 0 Å². The highest BCUT2D eigenvalue weighted by Crippen LogP contribution is 2.52. The lowest BCUT2D eigenvalue weighted by Gasteiger charge is -2.19. The number of nitrogens with one attached hydrogen (secondary N) is 2. The Labute approximate surface area is 173 Å². The van der Waals surface area contributed by atoms with Crippen LogP contribution in [0.1, 0.15) is 12.0 Å². The van der Waals surface area contributed by atoms with Gasteiger partial charge in [0.2, 0.25) is 11.8 Å². The normalized spacial score (nSPS) is 27.2. The first-order valence-electron chi connectivity index (χ1n) is 10.0. The molecule has 3 aliphatic rings. The first-order chi connectivity index (χ1) is 14.5. The molecule has 7 nitrogen and oxygen atoms in total. The maximum atomic E-state index is 12.7. The van der Waals surface area contributed by atoms with Gasteiger partial charge in [0.05, 0.1) is 11.8 Å². The molecule has 9 heteroatoms. The molecule has 1 saturated heterocycles. The van der Waals surface area contributed by atoms with E-state index in [2.05, 4.69) is 32.5 Å². The Morgan fingerprint density at radius 3 is 2.47 bits per heavy atom. The number of para-hydroxylation sites is 1. The summed E-state index contributed by atoms with van der Waals surface area (Å²) in [5.74, 6) is 0.363. The molecule has 2 bridgehead atoms. The van der Waals surface area contributed by atoms with Crippen molar-refractivity contribution < 1.29 is 23.1 Å². The highest BCUT2D eigenvalue weighted by Gasteiger charge is 2.58. The molecular formula is C21H24F2N4O3. The van der Waals surface area contributed by atoms with E-state index < -0.39 is 6.61 Å². The molecule has 2 aliphatic carbocycles. The lowest BCUT2D eigenvalue weighted by Crippen LogP contribution is -2.43. The quantitative estimate of drug-likeness (QED) is 0.305. The Morgan fingerprint density at radius 1 is 1.17 bits per heavy atom. The Kier molecular flexibility index (Phi) is 5.69. The number of rotatable bonds is 7. The van der Waals surface area contributed by atoms with Gasteiger partial charge in [-0.1, -0.05) is 30.4 Å². The van der Waals surface area contributed by atoms with E-state index in [-0.39, 0.29) is 54.3 Å². The third kappa shape index (κ3) is 3.76. The molecule has 1 aliphatic heterocycles. The second kappa shape index (κ2) is 8.41. The number of hydrogen-bond donors (Lipinski definition) is 2. The average molecular weight is 418 g/mol. The van der Waals surface area contributed by atoms with E-state index in [1.54, 1.807) is 25.2 Å². The number of halogens is 2. The summed E-state index contributed by atoms with van der Waals surface area (Å²) in [6.45, 7) is -2.07. The van der Waals surface area contributed by atoms with Gasteiger partial charge >= 0.3 is 6.61 Å². The zero-order valence-electron chi connectivity index (χ0n) is 16.6. The average Bonchev–Trinajstić information content (AvgIpc) is 3.40. The van der Waals surface area contributed by atoms with E-state index >= 15 is 0 Å². The van der Waals surface area contributed by atoms with Gasteiger partial charge in [0.25, 0.3) is 0 Å². The molecule has 2 N–H and O–H groups in total. The van der Waals surface area contributed by atoms with E-state index in [4.69, 9.17) is 0 Å². The Balaban J connectivity index is 1.28. The van der Waals surface area contributed by atoms with E-state index in [1.807, 2.05) is 0 Å². The van der Waals surface area contributed by atoms with Crippen LogP contribution >= 0.6 is 0 Å². The zero-order valence-corrected chi connectivity index (χ0v) is 16.6. The SMILES string of the molecule is CN=C(NCCN1C(=O)C2C3C=CC(C3)C2C1=O)NCc1ccccc1OC(F)F. The molecule has 1 aromatic carbocycles. The number of alkyl halides is 2. The second-order valence-corrected chi connectivity index (χ2v) is 7.67. The van der Waals surface area contributed by atoms with Gasteiger partial charge in [-0.2, -0.15) is 8.78 Å². The number of benzene rings is 1. The summed E-state index contributed by atoms with van der Waals surface area (Å²) in [6.07, 6.45) is 5.05. The summed E-state index contributed by atoms with van der Waals surface area (Å²) >= 11 is 0. The summed E-state index contributed by atoms with van der Waals surface area (Å²) < 4.78 is 29.6. The predicted octanol–water partition coefficient (Wildman–Crippen LogP) is 1.76. The number of aliphatic imine (C=N–C) groups is 1. The van der Waals surface area contributed by atoms with Gasteiger partial charge < -0.3 is 15.4 Å². The Bertz CT molecular complexity index is 859. The van der Waals surface area contributed by atoms with E-state index in [1.165, 1.54) is 11.0 Å². The van der Waals surface area contributed by atoms with Crippen molar-refractivity contribution in [2.24, 2.45) is 28.7 Å². The maximum Gasteiger partial charge on any atom is 0.387 e. The van der Waals surface area contributed by atoms with Gasteiger partial charge in [-0.05, 0) is 24.3 Å². The molecule has 30 heavy (non-hydrogen) atoms. The molecule has 1 aromatic rings. The van der Waals surface area contributed by atoms with Crippen LogP contribution in [0.5, 0.6) is 5.75 Å². The van der Waals surface area contributed by atoms with Crippen molar-refractivity contribution in [2.45, 2.75) is 19.6 Å². The topological polar surface area (TPSA) is 83.0 Å². The van der Waals surface area contributed by atoms with Gasteiger partial charge in [-0.3, -0.25) is 19.5 Å². The number of carbonyl (C=O) groups is 2. The summed E-state index contributed by atoms with van der Waals surface area (Å²) in [5, 5.41) is 6.09. The van der Waals surface area contributed by atoms with E-state index in [0.717, 1.165) is 6.42 Å². The van der Waals surface area contributed by atoms with Crippen LogP contribution in [0.3, 0.4) is 0 Å². The van der Waals surface area contributed by atoms with Gasteiger partial charge in [0.1, 0.15) is 5.75 Å².